The minimum atomic E-state index is -4.58. The molecule has 2 saturated heterocycles. The lowest BCUT2D eigenvalue weighted by Crippen LogP contribution is -2.73. The maximum atomic E-state index is 13.2. The van der Waals surface area contributed by atoms with Crippen molar-refractivity contribution in [1.82, 2.24) is 15.1 Å². The van der Waals surface area contributed by atoms with Gasteiger partial charge in [0.1, 0.15) is 0 Å². The number of benzene rings is 2. The van der Waals surface area contributed by atoms with Crippen molar-refractivity contribution in [2.24, 2.45) is 5.41 Å². The molecule has 0 aromatic heterocycles. The lowest BCUT2D eigenvalue weighted by molar-refractivity contribution is -0.138. The van der Waals surface area contributed by atoms with Crippen LogP contribution in [-0.2, 0) is 19.3 Å². The maximum Gasteiger partial charge on any atom is 0.416 e. The van der Waals surface area contributed by atoms with Crippen molar-refractivity contribution >= 4 is 6.03 Å². The van der Waals surface area contributed by atoms with E-state index in [9.17, 15) is 18.0 Å². The van der Waals surface area contributed by atoms with Crippen LogP contribution in [0.25, 0.3) is 0 Å². The summed E-state index contributed by atoms with van der Waals surface area (Å²) in [6.45, 7) is 3.71. The van der Waals surface area contributed by atoms with Crippen molar-refractivity contribution in [3.05, 3.63) is 70.8 Å². The van der Waals surface area contributed by atoms with E-state index in [0.717, 1.165) is 25.7 Å². The molecule has 8 heteroatoms. The van der Waals surface area contributed by atoms with Gasteiger partial charge in [-0.2, -0.15) is 18.4 Å². The van der Waals surface area contributed by atoms with Gasteiger partial charge in [0.2, 0.25) is 0 Å². The zero-order chi connectivity index (χ0) is 21.4. The Bertz CT molecular complexity index is 970. The lowest BCUT2D eigenvalue weighted by Gasteiger charge is -2.60. The molecule has 156 valence electrons. The summed E-state index contributed by atoms with van der Waals surface area (Å²) in [5.74, 6) is 0. The number of urea groups is 1. The second-order valence-electron chi connectivity index (χ2n) is 8.13. The fourth-order valence-electron chi connectivity index (χ4n) is 4.31. The van der Waals surface area contributed by atoms with E-state index < -0.39 is 11.7 Å². The molecular formula is C22H21F3N4O. The highest BCUT2D eigenvalue weighted by molar-refractivity contribution is 5.75. The Hall–Kier alpha value is -3.05. The minimum absolute atomic E-state index is 0.0530. The molecule has 0 unspecified atom stereocenters. The van der Waals surface area contributed by atoms with Crippen LogP contribution in [0.3, 0.4) is 0 Å². The Labute approximate surface area is 172 Å². The van der Waals surface area contributed by atoms with Gasteiger partial charge < -0.3 is 10.2 Å². The van der Waals surface area contributed by atoms with Crippen LogP contribution in [0.2, 0.25) is 0 Å². The number of alkyl halides is 3. The summed E-state index contributed by atoms with van der Waals surface area (Å²) < 4.78 is 39.7. The van der Waals surface area contributed by atoms with Gasteiger partial charge in [-0.05, 0) is 23.3 Å². The molecule has 2 aromatic carbocycles. The van der Waals surface area contributed by atoms with Gasteiger partial charge in [-0.15, -0.1) is 0 Å². The molecule has 2 aliphatic rings. The molecule has 2 heterocycles. The molecular weight excluding hydrogens is 393 g/mol. The number of amides is 2. The van der Waals surface area contributed by atoms with E-state index in [1.807, 2.05) is 18.2 Å². The average Bonchev–Trinajstić information content (AvgIpc) is 2.66. The van der Waals surface area contributed by atoms with E-state index in [1.165, 1.54) is 17.7 Å². The van der Waals surface area contributed by atoms with Crippen LogP contribution in [0, 0.1) is 16.7 Å². The number of nitrogens with zero attached hydrogens (tertiary/aromatic N) is 3. The topological polar surface area (TPSA) is 59.4 Å². The number of carbonyl (C=O) groups excluding carboxylic acids is 1. The fourth-order valence-corrected chi connectivity index (χ4v) is 4.31. The second-order valence-corrected chi connectivity index (χ2v) is 8.13. The molecule has 0 atom stereocenters. The van der Waals surface area contributed by atoms with Crippen LogP contribution in [0.5, 0.6) is 0 Å². The third-order valence-corrected chi connectivity index (χ3v) is 5.68. The fraction of sp³-hybridized carbons (Fsp3) is 0.364. The Morgan fingerprint density at radius 1 is 1.10 bits per heavy atom. The SMILES string of the molecule is N#Cc1ccc(CNC(=O)N2CC3(CN(Cc4ccccc4)C3)C2)c(C(F)(F)F)c1. The summed E-state index contributed by atoms with van der Waals surface area (Å²) in [4.78, 5) is 16.3. The maximum absolute atomic E-state index is 13.2. The lowest BCUT2D eigenvalue weighted by atomic mass is 9.73. The highest BCUT2D eigenvalue weighted by Gasteiger charge is 2.52. The van der Waals surface area contributed by atoms with Crippen molar-refractivity contribution in [3.63, 3.8) is 0 Å². The molecule has 2 aromatic rings. The van der Waals surface area contributed by atoms with Crippen molar-refractivity contribution < 1.29 is 18.0 Å². The number of nitriles is 1. The Balaban J connectivity index is 1.27. The minimum Gasteiger partial charge on any atom is -0.334 e. The number of rotatable bonds is 4. The molecule has 0 bridgehead atoms. The first kappa shape index (κ1) is 20.2. The van der Waals surface area contributed by atoms with Gasteiger partial charge in [0, 0.05) is 44.7 Å². The molecule has 5 nitrogen and oxygen atoms in total. The van der Waals surface area contributed by atoms with Crippen molar-refractivity contribution in [3.8, 4) is 6.07 Å². The second kappa shape index (κ2) is 7.65. The summed E-state index contributed by atoms with van der Waals surface area (Å²) in [5, 5.41) is 11.4. The van der Waals surface area contributed by atoms with Crippen LogP contribution in [0.4, 0.5) is 18.0 Å². The molecule has 1 N–H and O–H groups in total. The quantitative estimate of drug-likeness (QED) is 0.832. The van der Waals surface area contributed by atoms with E-state index in [-0.39, 0.29) is 29.1 Å². The predicted molar refractivity (Wildman–Crippen MR) is 104 cm³/mol. The van der Waals surface area contributed by atoms with E-state index in [0.29, 0.717) is 13.1 Å². The molecule has 1 spiro atoms. The smallest absolute Gasteiger partial charge is 0.334 e. The van der Waals surface area contributed by atoms with Crippen LogP contribution in [0.1, 0.15) is 22.3 Å². The number of halogens is 3. The summed E-state index contributed by atoms with van der Waals surface area (Å²) in [5.41, 5.74) is 0.356. The van der Waals surface area contributed by atoms with Crippen LogP contribution >= 0.6 is 0 Å². The normalized spacial score (nSPS) is 17.7. The van der Waals surface area contributed by atoms with Gasteiger partial charge in [0.05, 0.1) is 17.2 Å². The Morgan fingerprint density at radius 2 is 1.80 bits per heavy atom. The Morgan fingerprint density at radius 3 is 2.43 bits per heavy atom. The van der Waals surface area contributed by atoms with Crippen molar-refractivity contribution in [2.75, 3.05) is 26.2 Å². The standard InChI is InChI=1S/C22H21F3N4O/c23-22(24,25)19-8-17(9-26)6-7-18(19)10-27-20(30)29-14-21(15-29)12-28(13-21)11-16-4-2-1-3-5-16/h1-8H,10-15H2,(H,27,30). The zero-order valence-electron chi connectivity index (χ0n) is 16.2. The van der Waals surface area contributed by atoms with Crippen molar-refractivity contribution in [1.29, 1.82) is 5.26 Å². The first-order valence-electron chi connectivity index (χ1n) is 9.67. The van der Waals surface area contributed by atoms with Gasteiger partial charge in [0.15, 0.2) is 0 Å². The number of hydrogen-bond donors (Lipinski definition) is 1. The molecule has 30 heavy (non-hydrogen) atoms. The van der Waals surface area contributed by atoms with Gasteiger partial charge in [-0.1, -0.05) is 36.4 Å². The number of carbonyl (C=O) groups is 1. The van der Waals surface area contributed by atoms with E-state index >= 15 is 0 Å². The summed E-state index contributed by atoms with van der Waals surface area (Å²) >= 11 is 0. The van der Waals surface area contributed by atoms with Crippen LogP contribution in [-0.4, -0.2) is 42.0 Å². The number of hydrogen-bond acceptors (Lipinski definition) is 3. The summed E-state index contributed by atoms with van der Waals surface area (Å²) in [6.07, 6.45) is -4.58. The molecule has 2 amide bonds. The van der Waals surface area contributed by atoms with Gasteiger partial charge >= 0.3 is 12.2 Å². The van der Waals surface area contributed by atoms with Gasteiger partial charge in [0.25, 0.3) is 0 Å². The van der Waals surface area contributed by atoms with Gasteiger partial charge in [-0.3, -0.25) is 4.90 Å². The highest BCUT2D eigenvalue weighted by atomic mass is 19.4. The third kappa shape index (κ3) is 4.12. The molecule has 0 saturated carbocycles. The molecule has 4 rings (SSSR count). The molecule has 2 fully saturated rings. The number of likely N-dealkylation sites (tertiary alicyclic amines) is 2. The number of nitrogens with one attached hydrogen (secondary N) is 1. The van der Waals surface area contributed by atoms with Crippen LogP contribution < -0.4 is 5.32 Å². The van der Waals surface area contributed by atoms with Crippen LogP contribution in [0.15, 0.2) is 48.5 Å². The van der Waals surface area contributed by atoms with Gasteiger partial charge in [-0.25, -0.2) is 4.79 Å². The highest BCUT2D eigenvalue weighted by Crippen LogP contribution is 2.40. The summed E-state index contributed by atoms with van der Waals surface area (Å²) in [6, 6.07) is 14.9. The van der Waals surface area contributed by atoms with E-state index in [1.54, 1.807) is 11.0 Å². The summed E-state index contributed by atoms with van der Waals surface area (Å²) in [7, 11) is 0. The van der Waals surface area contributed by atoms with Crippen molar-refractivity contribution in [2.45, 2.75) is 19.3 Å². The van der Waals surface area contributed by atoms with E-state index in [2.05, 4.69) is 22.3 Å². The largest absolute Gasteiger partial charge is 0.416 e. The molecule has 2 aliphatic heterocycles. The third-order valence-electron chi connectivity index (χ3n) is 5.68. The van der Waals surface area contributed by atoms with E-state index in [4.69, 9.17) is 5.26 Å². The Kier molecular flexibility index (Phi) is 5.16. The zero-order valence-corrected chi connectivity index (χ0v) is 16.2. The molecule has 0 aliphatic carbocycles. The predicted octanol–water partition coefficient (Wildman–Crippen LogP) is 3.60. The average molecular weight is 414 g/mol. The molecule has 0 radical (unpaired) electrons. The first-order chi connectivity index (χ1) is 14.3. The first-order valence-corrected chi connectivity index (χ1v) is 9.67. The monoisotopic (exact) mass is 414 g/mol.